The van der Waals surface area contributed by atoms with Crippen LogP contribution in [0.2, 0.25) is 0 Å². The fraction of sp³-hybridized carbons (Fsp3) is 0.300. The van der Waals surface area contributed by atoms with E-state index in [1.807, 2.05) is 30.3 Å². The highest BCUT2D eigenvalue weighted by Gasteiger charge is 2.34. The predicted octanol–water partition coefficient (Wildman–Crippen LogP) is 3.23. The molecule has 0 amide bonds. The third-order valence-corrected chi connectivity index (χ3v) is 5.06. The van der Waals surface area contributed by atoms with Crippen molar-refractivity contribution in [2.24, 2.45) is 0 Å². The molecule has 0 atom stereocenters. The molecule has 5 heteroatoms. The number of aromatic nitrogens is 2. The molecule has 1 aromatic heterocycles. The first-order chi connectivity index (χ1) is 12.3. The molecular weight excluding hydrogens is 312 g/mol. The van der Waals surface area contributed by atoms with E-state index in [4.69, 9.17) is 10.00 Å². The zero-order chi connectivity index (χ0) is 17.1. The fourth-order valence-corrected chi connectivity index (χ4v) is 3.56. The van der Waals surface area contributed by atoms with Crippen LogP contribution in [0.3, 0.4) is 0 Å². The van der Waals surface area contributed by atoms with Crippen molar-refractivity contribution in [2.75, 3.05) is 13.2 Å². The van der Waals surface area contributed by atoms with Crippen LogP contribution in [-0.4, -0.2) is 23.4 Å². The van der Waals surface area contributed by atoms with E-state index >= 15 is 0 Å². The number of aromatic amines is 1. The summed E-state index contributed by atoms with van der Waals surface area (Å²) in [6.07, 6.45) is 1.82. The van der Waals surface area contributed by atoms with Crippen molar-refractivity contribution in [2.45, 2.75) is 24.9 Å². The highest BCUT2D eigenvalue weighted by atomic mass is 16.5. The molecule has 1 aliphatic rings. The Balaban J connectivity index is 1.61. The summed E-state index contributed by atoms with van der Waals surface area (Å²) in [7, 11) is 0. The van der Waals surface area contributed by atoms with Crippen molar-refractivity contribution in [3.8, 4) is 6.07 Å². The van der Waals surface area contributed by atoms with Crippen LogP contribution in [0.5, 0.6) is 0 Å². The number of hydrogen-bond acceptors (Lipinski definition) is 4. The minimum Gasteiger partial charge on any atom is -0.381 e. The molecule has 2 aromatic carbocycles. The number of nitrogens with one attached hydrogen (secondary N) is 2. The molecule has 1 fully saturated rings. The maximum atomic E-state index is 9.04. The lowest BCUT2D eigenvalue weighted by molar-refractivity contribution is 0.0357. The summed E-state index contributed by atoms with van der Waals surface area (Å²) in [5.41, 5.74) is 3.83. The quantitative estimate of drug-likeness (QED) is 0.769. The minimum absolute atomic E-state index is 0.140. The van der Waals surface area contributed by atoms with Crippen molar-refractivity contribution < 1.29 is 4.74 Å². The zero-order valence-corrected chi connectivity index (χ0v) is 14.0. The van der Waals surface area contributed by atoms with Gasteiger partial charge in [0, 0.05) is 30.7 Å². The summed E-state index contributed by atoms with van der Waals surface area (Å²) in [4.78, 5) is 0. The number of hydrogen-bond donors (Lipinski definition) is 2. The standard InChI is InChI=1S/C20H20N4O/c21-13-15-5-7-16(8-6-15)20(9-11-25-12-10-20)22-14-19-17-3-1-2-4-18(17)23-24-19/h1-8,22H,9-12,14H2,(H,23,24). The van der Waals surface area contributed by atoms with Gasteiger partial charge in [-0.25, -0.2) is 0 Å². The molecule has 2 heterocycles. The van der Waals surface area contributed by atoms with Gasteiger partial charge in [-0.3, -0.25) is 5.10 Å². The van der Waals surface area contributed by atoms with Gasteiger partial charge < -0.3 is 10.1 Å². The monoisotopic (exact) mass is 332 g/mol. The second kappa shape index (κ2) is 6.67. The molecule has 0 saturated carbocycles. The molecular formula is C20H20N4O. The first-order valence-corrected chi connectivity index (χ1v) is 8.56. The summed E-state index contributed by atoms with van der Waals surface area (Å²) >= 11 is 0. The number of fused-ring (bicyclic) bond motifs is 1. The van der Waals surface area contributed by atoms with Crippen molar-refractivity contribution in [3.63, 3.8) is 0 Å². The molecule has 0 spiro atoms. The number of rotatable bonds is 4. The van der Waals surface area contributed by atoms with Crippen LogP contribution in [0.25, 0.3) is 10.9 Å². The van der Waals surface area contributed by atoms with Crippen LogP contribution in [0.1, 0.15) is 29.7 Å². The Morgan fingerprint density at radius 1 is 1.12 bits per heavy atom. The second-order valence-electron chi connectivity index (χ2n) is 6.46. The highest BCUT2D eigenvalue weighted by Crippen LogP contribution is 2.33. The van der Waals surface area contributed by atoms with Crippen LogP contribution in [-0.2, 0) is 16.8 Å². The van der Waals surface area contributed by atoms with Crippen molar-refractivity contribution in [1.82, 2.24) is 15.5 Å². The number of ether oxygens (including phenoxy) is 1. The topological polar surface area (TPSA) is 73.7 Å². The molecule has 1 saturated heterocycles. The largest absolute Gasteiger partial charge is 0.381 e. The molecule has 3 aromatic rings. The van der Waals surface area contributed by atoms with Gasteiger partial charge in [0.15, 0.2) is 0 Å². The number of benzene rings is 2. The smallest absolute Gasteiger partial charge is 0.0991 e. The van der Waals surface area contributed by atoms with Crippen LogP contribution in [0, 0.1) is 11.3 Å². The lowest BCUT2D eigenvalue weighted by atomic mass is 9.82. The van der Waals surface area contributed by atoms with Gasteiger partial charge in [0.25, 0.3) is 0 Å². The predicted molar refractivity (Wildman–Crippen MR) is 95.8 cm³/mol. The van der Waals surface area contributed by atoms with Gasteiger partial charge in [0.05, 0.1) is 22.8 Å². The SMILES string of the molecule is N#Cc1ccc(C2(NCc3[nH]nc4ccccc34)CCOCC2)cc1. The Kier molecular flexibility index (Phi) is 4.22. The van der Waals surface area contributed by atoms with Gasteiger partial charge >= 0.3 is 0 Å². The van der Waals surface area contributed by atoms with Gasteiger partial charge in [-0.1, -0.05) is 30.3 Å². The van der Waals surface area contributed by atoms with E-state index in [-0.39, 0.29) is 5.54 Å². The summed E-state index contributed by atoms with van der Waals surface area (Å²) < 4.78 is 5.59. The van der Waals surface area contributed by atoms with Gasteiger partial charge in [-0.15, -0.1) is 0 Å². The summed E-state index contributed by atoms with van der Waals surface area (Å²) in [6.45, 7) is 2.17. The van der Waals surface area contributed by atoms with Crippen molar-refractivity contribution in [1.29, 1.82) is 5.26 Å². The Bertz CT molecular complexity index is 901. The van der Waals surface area contributed by atoms with E-state index in [1.165, 1.54) is 5.56 Å². The average Bonchev–Trinajstić information content (AvgIpc) is 3.10. The number of H-pyrrole nitrogens is 1. The van der Waals surface area contributed by atoms with E-state index in [1.54, 1.807) is 0 Å². The van der Waals surface area contributed by atoms with Gasteiger partial charge in [-0.2, -0.15) is 10.4 Å². The first kappa shape index (κ1) is 15.8. The normalized spacial score (nSPS) is 16.6. The Labute approximate surface area is 146 Å². The molecule has 25 heavy (non-hydrogen) atoms. The fourth-order valence-electron chi connectivity index (χ4n) is 3.56. The van der Waals surface area contributed by atoms with Gasteiger partial charge in [-0.05, 0) is 36.6 Å². The van der Waals surface area contributed by atoms with Crippen molar-refractivity contribution >= 4 is 10.9 Å². The molecule has 5 nitrogen and oxygen atoms in total. The molecule has 4 rings (SSSR count). The van der Waals surface area contributed by atoms with Crippen molar-refractivity contribution in [3.05, 3.63) is 65.4 Å². The molecule has 2 N–H and O–H groups in total. The maximum Gasteiger partial charge on any atom is 0.0991 e. The van der Waals surface area contributed by atoms with E-state index < -0.39 is 0 Å². The first-order valence-electron chi connectivity index (χ1n) is 8.56. The number of para-hydroxylation sites is 1. The zero-order valence-electron chi connectivity index (χ0n) is 14.0. The Hall–Kier alpha value is -2.68. The summed E-state index contributed by atoms with van der Waals surface area (Å²) in [5.74, 6) is 0. The summed E-state index contributed by atoms with van der Waals surface area (Å²) in [6, 6.07) is 18.2. The molecule has 126 valence electrons. The Morgan fingerprint density at radius 2 is 1.88 bits per heavy atom. The maximum absolute atomic E-state index is 9.04. The number of nitriles is 1. The average molecular weight is 332 g/mol. The van der Waals surface area contributed by atoms with Crippen LogP contribution in [0.15, 0.2) is 48.5 Å². The van der Waals surface area contributed by atoms with Gasteiger partial charge in [0.1, 0.15) is 0 Å². The molecule has 0 bridgehead atoms. The van der Waals surface area contributed by atoms with E-state index in [2.05, 4.69) is 39.8 Å². The van der Waals surface area contributed by atoms with Crippen LogP contribution >= 0.6 is 0 Å². The summed E-state index contributed by atoms with van der Waals surface area (Å²) in [5, 5.41) is 21.5. The van der Waals surface area contributed by atoms with Crippen LogP contribution < -0.4 is 5.32 Å². The third kappa shape index (κ3) is 3.02. The lowest BCUT2D eigenvalue weighted by Gasteiger charge is -2.39. The number of nitrogens with zero attached hydrogens (tertiary/aromatic N) is 2. The molecule has 1 aliphatic heterocycles. The molecule has 0 aliphatic carbocycles. The Morgan fingerprint density at radius 3 is 2.64 bits per heavy atom. The van der Waals surface area contributed by atoms with Gasteiger partial charge in [0.2, 0.25) is 0 Å². The van der Waals surface area contributed by atoms with E-state index in [0.29, 0.717) is 12.1 Å². The lowest BCUT2D eigenvalue weighted by Crippen LogP contribution is -2.46. The van der Waals surface area contributed by atoms with Crippen LogP contribution in [0.4, 0.5) is 0 Å². The second-order valence-corrected chi connectivity index (χ2v) is 6.46. The highest BCUT2D eigenvalue weighted by molar-refractivity contribution is 5.81. The molecule has 0 unspecified atom stereocenters. The van der Waals surface area contributed by atoms with E-state index in [0.717, 1.165) is 42.7 Å². The minimum atomic E-state index is -0.140. The molecule has 0 radical (unpaired) electrons. The van der Waals surface area contributed by atoms with E-state index in [9.17, 15) is 0 Å². The third-order valence-electron chi connectivity index (χ3n) is 5.06.